The Kier molecular flexibility index (Phi) is 4.47. The maximum absolute atomic E-state index is 5.59. The van der Waals surface area contributed by atoms with Crippen LogP contribution in [0.5, 0.6) is 5.75 Å². The number of nitrogens with one attached hydrogen (secondary N) is 1. The van der Waals surface area contributed by atoms with E-state index in [4.69, 9.17) is 22.7 Å². The van der Waals surface area contributed by atoms with Gasteiger partial charge in [-0.05, 0) is 44.2 Å². The van der Waals surface area contributed by atoms with Crippen molar-refractivity contribution in [1.29, 1.82) is 0 Å². The van der Waals surface area contributed by atoms with Crippen LogP contribution in [0.15, 0.2) is 30.3 Å². The highest BCUT2D eigenvalue weighted by molar-refractivity contribution is 7.80. The molecule has 2 aromatic rings. The first-order chi connectivity index (χ1) is 9.58. The molecule has 0 saturated carbocycles. The van der Waals surface area contributed by atoms with E-state index in [-0.39, 0.29) is 4.99 Å². The molecular formula is C14H16N4OS. The molecule has 1 aromatic heterocycles. The zero-order valence-corrected chi connectivity index (χ0v) is 12.2. The second kappa shape index (κ2) is 6.29. The maximum Gasteiger partial charge on any atom is 0.228 e. The van der Waals surface area contributed by atoms with Crippen molar-refractivity contribution in [3.63, 3.8) is 0 Å². The van der Waals surface area contributed by atoms with E-state index in [0.29, 0.717) is 18.2 Å². The van der Waals surface area contributed by atoms with Gasteiger partial charge in [0.15, 0.2) is 0 Å². The zero-order valence-electron chi connectivity index (χ0n) is 11.4. The lowest BCUT2D eigenvalue weighted by Crippen LogP contribution is -2.13. The van der Waals surface area contributed by atoms with Crippen molar-refractivity contribution >= 4 is 28.8 Å². The summed E-state index contributed by atoms with van der Waals surface area (Å²) in [6.45, 7) is 4.46. The van der Waals surface area contributed by atoms with Gasteiger partial charge in [-0.2, -0.15) is 0 Å². The van der Waals surface area contributed by atoms with Crippen LogP contribution in [0.2, 0.25) is 0 Å². The fraction of sp³-hybridized carbons (Fsp3) is 0.214. The molecule has 6 heteroatoms. The molecular weight excluding hydrogens is 272 g/mol. The number of nitrogens with zero attached hydrogens (tertiary/aromatic N) is 2. The lowest BCUT2D eigenvalue weighted by atomic mass is 10.3. The number of hydrogen-bond donors (Lipinski definition) is 2. The van der Waals surface area contributed by atoms with Crippen LogP contribution < -0.4 is 15.8 Å². The Bertz CT molecular complexity index is 613. The largest absolute Gasteiger partial charge is 0.494 e. The average Bonchev–Trinajstić information content (AvgIpc) is 2.40. The molecule has 0 aliphatic rings. The molecule has 3 N–H and O–H groups in total. The number of aryl methyl sites for hydroxylation is 1. The van der Waals surface area contributed by atoms with Gasteiger partial charge in [-0.1, -0.05) is 12.2 Å². The Balaban J connectivity index is 2.19. The molecule has 0 amide bonds. The molecule has 0 radical (unpaired) electrons. The fourth-order valence-corrected chi connectivity index (χ4v) is 1.79. The smallest absolute Gasteiger partial charge is 0.228 e. The van der Waals surface area contributed by atoms with E-state index in [2.05, 4.69) is 15.3 Å². The van der Waals surface area contributed by atoms with Crippen molar-refractivity contribution in [2.24, 2.45) is 5.73 Å². The van der Waals surface area contributed by atoms with E-state index in [9.17, 15) is 0 Å². The summed E-state index contributed by atoms with van der Waals surface area (Å²) in [5.41, 5.74) is 7.82. The Hall–Kier alpha value is -2.21. The Labute approximate surface area is 123 Å². The predicted octanol–water partition coefficient (Wildman–Crippen LogP) is 2.56. The van der Waals surface area contributed by atoms with Crippen LogP contribution in [0.1, 0.15) is 18.3 Å². The van der Waals surface area contributed by atoms with E-state index in [0.717, 1.165) is 17.1 Å². The van der Waals surface area contributed by atoms with Gasteiger partial charge in [0.1, 0.15) is 16.4 Å². The summed E-state index contributed by atoms with van der Waals surface area (Å²) >= 11 is 4.94. The third-order valence-corrected chi connectivity index (χ3v) is 2.74. The number of benzene rings is 1. The fourth-order valence-electron chi connectivity index (χ4n) is 1.68. The van der Waals surface area contributed by atoms with Crippen molar-refractivity contribution in [2.45, 2.75) is 13.8 Å². The van der Waals surface area contributed by atoms with E-state index >= 15 is 0 Å². The van der Waals surface area contributed by atoms with Crippen molar-refractivity contribution in [1.82, 2.24) is 9.97 Å². The number of aromatic nitrogens is 2. The van der Waals surface area contributed by atoms with Gasteiger partial charge in [0.2, 0.25) is 5.95 Å². The summed E-state index contributed by atoms with van der Waals surface area (Å²) in [6.07, 6.45) is 0. The number of ether oxygens (including phenoxy) is 1. The van der Waals surface area contributed by atoms with Gasteiger partial charge in [-0.3, -0.25) is 0 Å². The normalized spacial score (nSPS) is 10.1. The van der Waals surface area contributed by atoms with Crippen LogP contribution in [-0.2, 0) is 0 Å². The molecule has 1 aromatic carbocycles. The lowest BCUT2D eigenvalue weighted by Gasteiger charge is -2.08. The number of nitrogens with two attached hydrogens (primary N) is 1. The summed E-state index contributed by atoms with van der Waals surface area (Å²) in [4.78, 5) is 8.82. The van der Waals surface area contributed by atoms with Crippen molar-refractivity contribution in [2.75, 3.05) is 11.9 Å². The molecule has 0 bridgehead atoms. The number of hydrogen-bond acceptors (Lipinski definition) is 5. The van der Waals surface area contributed by atoms with Crippen LogP contribution in [0.3, 0.4) is 0 Å². The molecule has 0 aliphatic carbocycles. The SMILES string of the molecule is CCOc1ccc(Nc2nc(C)cc(C(N)=S)n2)cc1. The van der Waals surface area contributed by atoms with E-state index < -0.39 is 0 Å². The molecule has 5 nitrogen and oxygen atoms in total. The van der Waals surface area contributed by atoms with E-state index in [1.54, 1.807) is 6.07 Å². The molecule has 0 unspecified atom stereocenters. The Morgan fingerprint density at radius 2 is 2.00 bits per heavy atom. The third-order valence-electron chi connectivity index (χ3n) is 2.53. The molecule has 0 atom stereocenters. The highest BCUT2D eigenvalue weighted by Crippen LogP contribution is 2.18. The predicted molar refractivity (Wildman–Crippen MR) is 83.6 cm³/mol. The molecule has 0 spiro atoms. The standard InChI is InChI=1S/C14H16N4OS/c1-3-19-11-6-4-10(5-7-11)17-14-16-9(2)8-12(18-14)13(15)20/h4-8H,3H2,1-2H3,(H2,15,20)(H,16,17,18). The molecule has 104 valence electrons. The van der Waals surface area contributed by atoms with E-state index in [1.807, 2.05) is 38.1 Å². The Morgan fingerprint density at radius 1 is 1.30 bits per heavy atom. The van der Waals surface area contributed by atoms with Crippen molar-refractivity contribution < 1.29 is 4.74 Å². The first kappa shape index (κ1) is 14.2. The second-order valence-electron chi connectivity index (χ2n) is 4.16. The van der Waals surface area contributed by atoms with Gasteiger partial charge in [-0.25, -0.2) is 9.97 Å². The van der Waals surface area contributed by atoms with Crippen LogP contribution >= 0.6 is 12.2 Å². The zero-order chi connectivity index (χ0) is 14.5. The second-order valence-corrected chi connectivity index (χ2v) is 4.60. The monoisotopic (exact) mass is 288 g/mol. The van der Waals surface area contributed by atoms with Crippen LogP contribution in [0.25, 0.3) is 0 Å². The summed E-state index contributed by atoms with van der Waals surface area (Å²) in [7, 11) is 0. The third kappa shape index (κ3) is 3.64. The van der Waals surface area contributed by atoms with Gasteiger partial charge in [-0.15, -0.1) is 0 Å². The average molecular weight is 288 g/mol. The van der Waals surface area contributed by atoms with Gasteiger partial charge in [0, 0.05) is 11.4 Å². The number of anilines is 2. The van der Waals surface area contributed by atoms with Gasteiger partial charge >= 0.3 is 0 Å². The number of thiocarbonyl (C=S) groups is 1. The maximum atomic E-state index is 5.59. The summed E-state index contributed by atoms with van der Waals surface area (Å²) in [5.74, 6) is 1.30. The Morgan fingerprint density at radius 3 is 2.60 bits per heavy atom. The quantitative estimate of drug-likeness (QED) is 0.824. The summed E-state index contributed by atoms with van der Waals surface area (Å²) < 4.78 is 5.39. The minimum Gasteiger partial charge on any atom is -0.494 e. The highest BCUT2D eigenvalue weighted by atomic mass is 32.1. The van der Waals surface area contributed by atoms with Gasteiger partial charge in [0.05, 0.1) is 6.61 Å². The molecule has 0 fully saturated rings. The first-order valence-corrected chi connectivity index (χ1v) is 6.64. The van der Waals surface area contributed by atoms with Gasteiger partial charge in [0.25, 0.3) is 0 Å². The first-order valence-electron chi connectivity index (χ1n) is 6.24. The summed E-state index contributed by atoms with van der Waals surface area (Å²) in [5, 5.41) is 3.12. The van der Waals surface area contributed by atoms with Crippen LogP contribution in [-0.4, -0.2) is 21.6 Å². The number of rotatable bonds is 5. The summed E-state index contributed by atoms with van der Waals surface area (Å²) in [6, 6.07) is 9.33. The van der Waals surface area contributed by atoms with Gasteiger partial charge < -0.3 is 15.8 Å². The molecule has 20 heavy (non-hydrogen) atoms. The molecule has 0 aliphatic heterocycles. The van der Waals surface area contributed by atoms with Crippen molar-refractivity contribution in [3.05, 3.63) is 41.7 Å². The topological polar surface area (TPSA) is 73.1 Å². The molecule has 2 rings (SSSR count). The molecule has 1 heterocycles. The van der Waals surface area contributed by atoms with E-state index in [1.165, 1.54) is 0 Å². The minimum absolute atomic E-state index is 0.255. The highest BCUT2D eigenvalue weighted by Gasteiger charge is 2.05. The van der Waals surface area contributed by atoms with Crippen LogP contribution in [0.4, 0.5) is 11.6 Å². The van der Waals surface area contributed by atoms with Crippen molar-refractivity contribution in [3.8, 4) is 5.75 Å². The van der Waals surface area contributed by atoms with Crippen LogP contribution in [0, 0.1) is 6.92 Å². The molecule has 0 saturated heterocycles. The lowest BCUT2D eigenvalue weighted by molar-refractivity contribution is 0.340. The minimum atomic E-state index is 0.255.